The molecule has 0 bridgehead atoms. The molecule has 2 aromatic rings. The van der Waals surface area contributed by atoms with Crippen LogP contribution in [0.2, 0.25) is 0 Å². The predicted molar refractivity (Wildman–Crippen MR) is 60.6 cm³/mol. The number of phenols is 1. The summed E-state index contributed by atoms with van der Waals surface area (Å²) in [4.78, 5) is 0. The van der Waals surface area contributed by atoms with Gasteiger partial charge in [-0.1, -0.05) is 12.1 Å². The lowest BCUT2D eigenvalue weighted by atomic mass is 10.2. The molecule has 5 heteroatoms. The Hall–Kier alpha value is -2.17. The molecule has 0 saturated carbocycles. The van der Waals surface area contributed by atoms with Crippen LogP contribution >= 0.6 is 0 Å². The van der Waals surface area contributed by atoms with E-state index in [1.165, 1.54) is 0 Å². The van der Waals surface area contributed by atoms with Crippen LogP contribution in [0.5, 0.6) is 5.75 Å². The van der Waals surface area contributed by atoms with Gasteiger partial charge in [0.2, 0.25) is 0 Å². The molecule has 5 nitrogen and oxygen atoms in total. The van der Waals surface area contributed by atoms with Gasteiger partial charge < -0.3 is 5.11 Å². The van der Waals surface area contributed by atoms with E-state index < -0.39 is 0 Å². The molecule has 1 N–H and O–H groups in total. The third-order valence-corrected chi connectivity index (χ3v) is 2.20. The maximum Gasteiger partial charge on any atom is 0.151 e. The Kier molecular flexibility index (Phi) is 2.68. The van der Waals surface area contributed by atoms with Crippen molar-refractivity contribution < 1.29 is 5.11 Å². The highest BCUT2D eigenvalue weighted by atomic mass is 16.3. The van der Waals surface area contributed by atoms with E-state index in [4.69, 9.17) is 0 Å². The number of phenolic OH excluding ortho intramolecular Hbond substituents is 1. The van der Waals surface area contributed by atoms with Gasteiger partial charge in [0.05, 0.1) is 6.21 Å². The van der Waals surface area contributed by atoms with E-state index in [-0.39, 0.29) is 5.75 Å². The predicted octanol–water partition coefficient (Wildman–Crippen LogP) is 1.48. The van der Waals surface area contributed by atoms with Crippen LogP contribution < -0.4 is 0 Å². The normalized spacial score (nSPS) is 11.1. The van der Waals surface area contributed by atoms with Crippen LogP contribution in [0.25, 0.3) is 0 Å². The van der Waals surface area contributed by atoms with E-state index in [9.17, 15) is 5.11 Å². The summed E-state index contributed by atoms with van der Waals surface area (Å²) in [6.07, 6.45) is 1.58. The molecule has 16 heavy (non-hydrogen) atoms. The number of benzene rings is 1. The fraction of sp³-hybridized carbons (Fsp3) is 0.182. The SMILES string of the molecule is Cc1nnc(C)n1N=Cc1ccccc1O. The minimum atomic E-state index is 0.203. The number of nitrogens with zero attached hydrogens (tertiary/aromatic N) is 4. The van der Waals surface area contributed by atoms with Gasteiger partial charge in [-0.15, -0.1) is 10.2 Å². The summed E-state index contributed by atoms with van der Waals surface area (Å²) in [5.74, 6) is 1.63. The van der Waals surface area contributed by atoms with Gasteiger partial charge in [0.25, 0.3) is 0 Å². The van der Waals surface area contributed by atoms with Gasteiger partial charge in [-0.05, 0) is 26.0 Å². The molecular weight excluding hydrogens is 204 g/mol. The Morgan fingerprint density at radius 1 is 1.19 bits per heavy atom. The lowest BCUT2D eigenvalue weighted by molar-refractivity contribution is 0.474. The molecule has 0 fully saturated rings. The second-order valence-corrected chi connectivity index (χ2v) is 3.41. The van der Waals surface area contributed by atoms with Crippen molar-refractivity contribution in [1.29, 1.82) is 0 Å². The van der Waals surface area contributed by atoms with Crippen molar-refractivity contribution in [1.82, 2.24) is 14.9 Å². The van der Waals surface area contributed by atoms with Crippen LogP contribution in [0.4, 0.5) is 0 Å². The van der Waals surface area contributed by atoms with Crippen molar-refractivity contribution in [3.05, 3.63) is 41.5 Å². The molecular formula is C11H12N4O. The molecule has 2 rings (SSSR count). The average molecular weight is 216 g/mol. The first-order chi connectivity index (χ1) is 7.68. The number of hydrogen-bond acceptors (Lipinski definition) is 4. The highest BCUT2D eigenvalue weighted by Gasteiger charge is 2.01. The molecule has 0 unspecified atom stereocenters. The number of hydrogen-bond donors (Lipinski definition) is 1. The molecule has 0 aliphatic rings. The molecule has 82 valence electrons. The van der Waals surface area contributed by atoms with Crippen LogP contribution in [-0.4, -0.2) is 26.2 Å². The summed E-state index contributed by atoms with van der Waals surface area (Å²) < 4.78 is 1.62. The topological polar surface area (TPSA) is 63.3 Å². The van der Waals surface area contributed by atoms with Crippen LogP contribution in [0, 0.1) is 13.8 Å². The number of para-hydroxylation sites is 1. The Labute approximate surface area is 93.1 Å². The second-order valence-electron chi connectivity index (χ2n) is 3.41. The second kappa shape index (κ2) is 4.14. The zero-order valence-corrected chi connectivity index (χ0v) is 9.12. The zero-order valence-electron chi connectivity index (χ0n) is 9.12. The minimum absolute atomic E-state index is 0.203. The van der Waals surface area contributed by atoms with Crippen molar-refractivity contribution in [2.45, 2.75) is 13.8 Å². The summed E-state index contributed by atoms with van der Waals surface area (Å²) in [6.45, 7) is 3.64. The number of aryl methyl sites for hydroxylation is 2. The molecule has 1 heterocycles. The van der Waals surface area contributed by atoms with E-state index in [0.717, 1.165) is 0 Å². The summed E-state index contributed by atoms with van der Waals surface area (Å²) in [6, 6.07) is 7.01. The van der Waals surface area contributed by atoms with Crippen LogP contribution in [0.1, 0.15) is 17.2 Å². The first kappa shape index (κ1) is 10.4. The molecule has 0 aliphatic heterocycles. The third kappa shape index (κ3) is 1.93. The molecule has 0 radical (unpaired) electrons. The van der Waals surface area contributed by atoms with Crippen molar-refractivity contribution in [2.75, 3.05) is 0 Å². The van der Waals surface area contributed by atoms with Gasteiger partial charge in [-0.3, -0.25) is 0 Å². The first-order valence-electron chi connectivity index (χ1n) is 4.89. The van der Waals surface area contributed by atoms with Crippen LogP contribution in [0.3, 0.4) is 0 Å². The van der Waals surface area contributed by atoms with Gasteiger partial charge >= 0.3 is 0 Å². The monoisotopic (exact) mass is 216 g/mol. The largest absolute Gasteiger partial charge is 0.507 e. The van der Waals surface area contributed by atoms with Gasteiger partial charge in [0, 0.05) is 5.56 Å². The highest BCUT2D eigenvalue weighted by Crippen LogP contribution is 2.13. The van der Waals surface area contributed by atoms with Gasteiger partial charge in [0.15, 0.2) is 11.6 Å². The Morgan fingerprint density at radius 2 is 1.81 bits per heavy atom. The molecule has 0 amide bonds. The Morgan fingerprint density at radius 3 is 2.44 bits per heavy atom. The average Bonchev–Trinajstić information content (AvgIpc) is 2.58. The van der Waals surface area contributed by atoms with Crippen molar-refractivity contribution >= 4 is 6.21 Å². The summed E-state index contributed by atoms with van der Waals surface area (Å²) >= 11 is 0. The van der Waals surface area contributed by atoms with E-state index in [0.29, 0.717) is 17.2 Å². The third-order valence-electron chi connectivity index (χ3n) is 2.20. The van der Waals surface area contributed by atoms with E-state index >= 15 is 0 Å². The van der Waals surface area contributed by atoms with Gasteiger partial charge in [0.1, 0.15) is 5.75 Å². The van der Waals surface area contributed by atoms with E-state index in [2.05, 4.69) is 15.3 Å². The lowest BCUT2D eigenvalue weighted by Crippen LogP contribution is -1.96. The zero-order chi connectivity index (χ0) is 11.5. The summed E-state index contributed by atoms with van der Waals surface area (Å²) in [5, 5.41) is 21.5. The van der Waals surface area contributed by atoms with E-state index in [1.807, 2.05) is 19.9 Å². The molecule has 1 aromatic heterocycles. The maximum absolute atomic E-state index is 9.55. The maximum atomic E-state index is 9.55. The Bertz CT molecular complexity index is 511. The molecule has 0 aliphatic carbocycles. The van der Waals surface area contributed by atoms with Gasteiger partial charge in [-0.25, -0.2) is 4.68 Å². The number of aromatic hydroxyl groups is 1. The first-order valence-corrected chi connectivity index (χ1v) is 4.89. The summed E-state index contributed by atoms with van der Waals surface area (Å²) in [5.41, 5.74) is 0.662. The molecule has 0 saturated heterocycles. The quantitative estimate of drug-likeness (QED) is 0.773. The minimum Gasteiger partial charge on any atom is -0.507 e. The fourth-order valence-corrected chi connectivity index (χ4v) is 1.35. The molecule has 1 aromatic carbocycles. The van der Waals surface area contributed by atoms with Crippen molar-refractivity contribution in [3.8, 4) is 5.75 Å². The Balaban J connectivity index is 2.32. The van der Waals surface area contributed by atoms with Gasteiger partial charge in [-0.2, -0.15) is 5.10 Å². The van der Waals surface area contributed by atoms with Crippen LogP contribution in [0.15, 0.2) is 29.4 Å². The van der Waals surface area contributed by atoms with Crippen molar-refractivity contribution in [3.63, 3.8) is 0 Å². The van der Waals surface area contributed by atoms with E-state index in [1.54, 1.807) is 29.1 Å². The van der Waals surface area contributed by atoms with Crippen molar-refractivity contribution in [2.24, 2.45) is 5.10 Å². The smallest absolute Gasteiger partial charge is 0.151 e. The molecule has 0 atom stereocenters. The highest BCUT2D eigenvalue weighted by molar-refractivity contribution is 5.83. The molecule has 0 spiro atoms. The lowest BCUT2D eigenvalue weighted by Gasteiger charge is -1.99. The van der Waals surface area contributed by atoms with Crippen LogP contribution in [-0.2, 0) is 0 Å². The fourth-order valence-electron chi connectivity index (χ4n) is 1.35. The number of rotatable bonds is 2. The number of aromatic nitrogens is 3. The summed E-state index contributed by atoms with van der Waals surface area (Å²) in [7, 11) is 0. The standard InChI is InChI=1S/C11H12N4O/c1-8-13-14-9(2)15(8)12-7-10-5-3-4-6-11(10)16/h3-7,16H,1-2H3.